The Labute approximate surface area is 142 Å². The Hall–Kier alpha value is -2.30. The van der Waals surface area contributed by atoms with Crippen molar-refractivity contribution in [2.45, 2.75) is 38.3 Å². The summed E-state index contributed by atoms with van der Waals surface area (Å²) >= 11 is 0. The summed E-state index contributed by atoms with van der Waals surface area (Å²) in [7, 11) is 0. The first kappa shape index (κ1) is 16.6. The largest absolute Gasteiger partial charge is 0.371 e. The van der Waals surface area contributed by atoms with Crippen molar-refractivity contribution in [1.29, 1.82) is 0 Å². The minimum atomic E-state index is -0.212. The number of halogens is 1. The second kappa shape index (κ2) is 7.51. The zero-order chi connectivity index (χ0) is 16.9. The van der Waals surface area contributed by atoms with Gasteiger partial charge in [-0.05, 0) is 55.7 Å². The van der Waals surface area contributed by atoms with Crippen LogP contribution in [0.3, 0.4) is 0 Å². The lowest BCUT2D eigenvalue weighted by Gasteiger charge is -2.34. The van der Waals surface area contributed by atoms with Gasteiger partial charge in [0.25, 0.3) is 0 Å². The van der Waals surface area contributed by atoms with Gasteiger partial charge in [-0.2, -0.15) is 0 Å². The number of rotatable bonds is 5. The zero-order valence-electron chi connectivity index (χ0n) is 14.0. The van der Waals surface area contributed by atoms with E-state index in [0.29, 0.717) is 0 Å². The molecule has 0 aliphatic carbocycles. The van der Waals surface area contributed by atoms with E-state index in [1.807, 2.05) is 48.1 Å². The number of hydrogen-bond donors (Lipinski definition) is 1. The molecule has 5 heteroatoms. The lowest BCUT2D eigenvalue weighted by atomic mass is 10.0. The van der Waals surface area contributed by atoms with Gasteiger partial charge in [0.15, 0.2) is 0 Å². The molecule has 1 fully saturated rings. The van der Waals surface area contributed by atoms with Crippen LogP contribution in [0.5, 0.6) is 0 Å². The Morgan fingerprint density at radius 2 is 1.83 bits per heavy atom. The molecule has 0 radical (unpaired) electrons. The Morgan fingerprint density at radius 3 is 2.42 bits per heavy atom. The molecule has 1 atom stereocenters. The molecule has 24 heavy (non-hydrogen) atoms. The quantitative estimate of drug-likeness (QED) is 0.913. The molecule has 128 valence electrons. The molecule has 0 bridgehead atoms. The van der Waals surface area contributed by atoms with E-state index in [1.165, 1.54) is 12.1 Å². The first-order valence-electron chi connectivity index (χ1n) is 8.60. The van der Waals surface area contributed by atoms with Crippen LogP contribution < -0.4 is 10.2 Å². The highest BCUT2D eigenvalue weighted by atomic mass is 19.1. The highest BCUT2D eigenvalue weighted by Gasteiger charge is 2.24. The van der Waals surface area contributed by atoms with E-state index in [1.54, 1.807) is 0 Å². The summed E-state index contributed by atoms with van der Waals surface area (Å²) in [4.78, 5) is 14.8. The maximum Gasteiger partial charge on any atom is 0.243 e. The van der Waals surface area contributed by atoms with Crippen molar-refractivity contribution in [3.63, 3.8) is 0 Å². The highest BCUT2D eigenvalue weighted by Crippen LogP contribution is 2.21. The van der Waals surface area contributed by atoms with Crippen molar-refractivity contribution in [2.75, 3.05) is 18.0 Å². The SMILES string of the molecule is CC[C@H](C(=O)NC1CCN(c2ccc(F)cc2)CC1)n1cccc1. The molecule has 1 amide bonds. The number of amides is 1. The predicted octanol–water partition coefficient (Wildman–Crippen LogP) is 3.36. The Bertz CT molecular complexity index is 646. The number of hydrogen-bond acceptors (Lipinski definition) is 2. The molecule has 1 aromatic carbocycles. The second-order valence-corrected chi connectivity index (χ2v) is 6.30. The normalized spacial score (nSPS) is 16.8. The molecular weight excluding hydrogens is 305 g/mol. The van der Waals surface area contributed by atoms with E-state index in [-0.39, 0.29) is 23.8 Å². The van der Waals surface area contributed by atoms with Crippen molar-refractivity contribution in [3.05, 3.63) is 54.6 Å². The van der Waals surface area contributed by atoms with Crippen LogP contribution in [0, 0.1) is 5.82 Å². The number of carbonyl (C=O) groups is 1. The topological polar surface area (TPSA) is 37.3 Å². The molecule has 0 unspecified atom stereocenters. The van der Waals surface area contributed by atoms with Crippen LogP contribution in [-0.2, 0) is 4.79 Å². The van der Waals surface area contributed by atoms with Gasteiger partial charge in [-0.1, -0.05) is 6.92 Å². The summed E-state index contributed by atoms with van der Waals surface area (Å²) in [5, 5.41) is 3.19. The number of benzene rings is 1. The Kier molecular flexibility index (Phi) is 5.18. The average molecular weight is 329 g/mol. The Morgan fingerprint density at radius 1 is 1.21 bits per heavy atom. The molecule has 0 spiro atoms. The van der Waals surface area contributed by atoms with E-state index in [9.17, 15) is 9.18 Å². The number of nitrogens with one attached hydrogen (secondary N) is 1. The van der Waals surface area contributed by atoms with Crippen molar-refractivity contribution in [2.24, 2.45) is 0 Å². The van der Waals surface area contributed by atoms with Crippen LogP contribution in [0.15, 0.2) is 48.8 Å². The van der Waals surface area contributed by atoms with Crippen LogP contribution in [0.2, 0.25) is 0 Å². The van der Waals surface area contributed by atoms with Gasteiger partial charge in [0, 0.05) is 37.2 Å². The molecule has 1 aliphatic heterocycles. The fourth-order valence-electron chi connectivity index (χ4n) is 3.32. The van der Waals surface area contributed by atoms with Crippen LogP contribution in [0.1, 0.15) is 32.2 Å². The number of anilines is 1. The van der Waals surface area contributed by atoms with Gasteiger partial charge in [-0.15, -0.1) is 0 Å². The van der Waals surface area contributed by atoms with E-state index in [2.05, 4.69) is 10.2 Å². The smallest absolute Gasteiger partial charge is 0.243 e. The summed E-state index contributed by atoms with van der Waals surface area (Å²) in [5.74, 6) is -0.120. The Balaban J connectivity index is 1.53. The minimum absolute atomic E-state index is 0.0916. The minimum Gasteiger partial charge on any atom is -0.371 e. The first-order valence-corrected chi connectivity index (χ1v) is 8.60. The molecule has 2 heterocycles. The number of piperidine rings is 1. The van der Waals surface area contributed by atoms with E-state index < -0.39 is 0 Å². The third-order valence-corrected chi connectivity index (χ3v) is 4.71. The summed E-state index contributed by atoms with van der Waals surface area (Å²) < 4.78 is 15.0. The molecule has 1 aromatic heterocycles. The summed E-state index contributed by atoms with van der Waals surface area (Å²) in [6.45, 7) is 3.77. The van der Waals surface area contributed by atoms with Gasteiger partial charge in [-0.25, -0.2) is 4.39 Å². The van der Waals surface area contributed by atoms with Crippen molar-refractivity contribution in [3.8, 4) is 0 Å². The second-order valence-electron chi connectivity index (χ2n) is 6.30. The molecular formula is C19H24FN3O. The monoisotopic (exact) mass is 329 g/mol. The summed E-state index contributed by atoms with van der Waals surface area (Å²) in [5.41, 5.74) is 1.04. The molecule has 1 aliphatic rings. The third-order valence-electron chi connectivity index (χ3n) is 4.71. The summed E-state index contributed by atoms with van der Waals surface area (Å²) in [6.07, 6.45) is 6.46. The number of aromatic nitrogens is 1. The molecule has 0 saturated carbocycles. The van der Waals surface area contributed by atoms with E-state index >= 15 is 0 Å². The standard InChI is InChI=1S/C19H24FN3O/c1-2-18(23-11-3-4-12-23)19(24)21-16-9-13-22(14-10-16)17-7-5-15(20)6-8-17/h3-8,11-12,16,18H,2,9-10,13-14H2,1H3,(H,21,24)/t18-/m1/s1. The third kappa shape index (κ3) is 3.78. The first-order chi connectivity index (χ1) is 11.7. The van der Waals surface area contributed by atoms with Crippen LogP contribution in [0.25, 0.3) is 0 Å². The fraction of sp³-hybridized carbons (Fsp3) is 0.421. The maximum absolute atomic E-state index is 13.0. The van der Waals surface area contributed by atoms with Gasteiger partial charge in [0.2, 0.25) is 5.91 Å². The zero-order valence-corrected chi connectivity index (χ0v) is 14.0. The number of carbonyl (C=O) groups excluding carboxylic acids is 1. The van der Waals surface area contributed by atoms with Crippen LogP contribution in [-0.4, -0.2) is 29.6 Å². The number of nitrogens with zero attached hydrogens (tertiary/aromatic N) is 2. The van der Waals surface area contributed by atoms with Crippen molar-refractivity contribution < 1.29 is 9.18 Å². The fourth-order valence-corrected chi connectivity index (χ4v) is 3.32. The predicted molar refractivity (Wildman–Crippen MR) is 93.5 cm³/mol. The maximum atomic E-state index is 13.0. The lowest BCUT2D eigenvalue weighted by molar-refractivity contribution is -0.125. The highest BCUT2D eigenvalue weighted by molar-refractivity contribution is 5.80. The van der Waals surface area contributed by atoms with Crippen molar-refractivity contribution in [1.82, 2.24) is 9.88 Å². The van der Waals surface area contributed by atoms with Gasteiger partial charge in [-0.3, -0.25) is 4.79 Å². The van der Waals surface area contributed by atoms with Gasteiger partial charge in [0.05, 0.1) is 0 Å². The lowest BCUT2D eigenvalue weighted by Crippen LogP contribution is -2.46. The average Bonchev–Trinajstić information content (AvgIpc) is 3.11. The van der Waals surface area contributed by atoms with E-state index in [0.717, 1.165) is 38.0 Å². The summed E-state index contributed by atoms with van der Waals surface area (Å²) in [6, 6.07) is 10.6. The molecule has 1 saturated heterocycles. The van der Waals surface area contributed by atoms with Crippen molar-refractivity contribution >= 4 is 11.6 Å². The van der Waals surface area contributed by atoms with Crippen LogP contribution in [0.4, 0.5) is 10.1 Å². The van der Waals surface area contributed by atoms with Gasteiger partial charge in [0.1, 0.15) is 11.9 Å². The molecule has 1 N–H and O–H groups in total. The van der Waals surface area contributed by atoms with Crippen LogP contribution >= 0.6 is 0 Å². The van der Waals surface area contributed by atoms with E-state index in [4.69, 9.17) is 0 Å². The van der Waals surface area contributed by atoms with Gasteiger partial charge >= 0.3 is 0 Å². The molecule has 4 nitrogen and oxygen atoms in total. The van der Waals surface area contributed by atoms with Gasteiger partial charge < -0.3 is 14.8 Å². The molecule has 2 aromatic rings. The molecule has 3 rings (SSSR count).